The molecule has 0 bridgehead atoms. The van der Waals surface area contributed by atoms with Crippen molar-refractivity contribution in [1.29, 1.82) is 0 Å². The second kappa shape index (κ2) is 7.42. The van der Waals surface area contributed by atoms with Gasteiger partial charge < -0.3 is 4.98 Å². The fourth-order valence-corrected chi connectivity index (χ4v) is 5.90. The molecule has 8 heteroatoms. The van der Waals surface area contributed by atoms with Gasteiger partial charge in [-0.05, 0) is 33.4 Å². The normalized spacial score (nSPS) is 18.7. The van der Waals surface area contributed by atoms with E-state index >= 15 is 0 Å². The van der Waals surface area contributed by atoms with Crippen LogP contribution in [0.1, 0.15) is 39.8 Å². The van der Waals surface area contributed by atoms with Crippen LogP contribution in [-0.2, 0) is 16.4 Å². The second-order valence-corrected chi connectivity index (χ2v) is 10.2. The molecule has 3 aromatic rings. The first kappa shape index (κ1) is 19.8. The molecule has 1 fully saturated rings. The van der Waals surface area contributed by atoms with Crippen LogP contribution in [0.3, 0.4) is 0 Å². The van der Waals surface area contributed by atoms with Gasteiger partial charge in [-0.1, -0.05) is 18.2 Å². The van der Waals surface area contributed by atoms with Gasteiger partial charge in [0.05, 0.1) is 29.8 Å². The molecule has 154 valence electrons. The number of likely N-dealkylation sites (N-methyl/N-ethyl adjacent to an activating group) is 1. The topological polar surface area (TPSA) is 88.1 Å². The van der Waals surface area contributed by atoms with Crippen LogP contribution in [-0.4, -0.2) is 59.0 Å². The van der Waals surface area contributed by atoms with E-state index in [0.29, 0.717) is 25.1 Å². The molecule has 0 spiro atoms. The Kier molecular flexibility index (Phi) is 5.08. The van der Waals surface area contributed by atoms with Gasteiger partial charge in [-0.15, -0.1) is 0 Å². The van der Waals surface area contributed by atoms with Crippen LogP contribution in [0.4, 0.5) is 0 Å². The summed E-state index contributed by atoms with van der Waals surface area (Å²) in [5.74, 6) is 0.447. The number of hydrogen-bond donors (Lipinski definition) is 1. The van der Waals surface area contributed by atoms with Crippen LogP contribution in [0, 0.1) is 13.8 Å². The number of nitrogens with zero attached hydrogens (tertiary/aromatic N) is 3. The van der Waals surface area contributed by atoms with Gasteiger partial charge in [0.25, 0.3) is 0 Å². The van der Waals surface area contributed by atoms with Gasteiger partial charge >= 0.3 is 0 Å². The SMILES string of the molecule is Cc1nn(C2CCS(=O)(=O)C2)c(C)c1CN(C)CC(=O)c1c[nH]c2ccccc12. The van der Waals surface area contributed by atoms with Crippen LogP contribution in [0.15, 0.2) is 30.5 Å². The number of aromatic nitrogens is 3. The summed E-state index contributed by atoms with van der Waals surface area (Å²) >= 11 is 0. The van der Waals surface area contributed by atoms with E-state index < -0.39 is 9.84 Å². The molecule has 7 nitrogen and oxygen atoms in total. The maximum Gasteiger partial charge on any atom is 0.178 e. The summed E-state index contributed by atoms with van der Waals surface area (Å²) in [5, 5.41) is 5.55. The minimum Gasteiger partial charge on any atom is -0.360 e. The summed E-state index contributed by atoms with van der Waals surface area (Å²) in [6.45, 7) is 4.81. The Morgan fingerprint density at radius 2 is 2.07 bits per heavy atom. The van der Waals surface area contributed by atoms with Crippen molar-refractivity contribution in [2.24, 2.45) is 0 Å². The van der Waals surface area contributed by atoms with E-state index in [1.54, 1.807) is 6.20 Å². The maximum absolute atomic E-state index is 12.8. The van der Waals surface area contributed by atoms with E-state index in [1.165, 1.54) is 0 Å². The summed E-state index contributed by atoms with van der Waals surface area (Å²) in [4.78, 5) is 18.0. The number of aromatic amines is 1. The Morgan fingerprint density at radius 3 is 2.79 bits per heavy atom. The van der Waals surface area contributed by atoms with E-state index in [-0.39, 0.29) is 23.3 Å². The van der Waals surface area contributed by atoms with E-state index in [2.05, 4.69) is 10.1 Å². The number of ketones is 1. The van der Waals surface area contributed by atoms with Crippen molar-refractivity contribution in [3.8, 4) is 0 Å². The number of fused-ring (bicyclic) bond motifs is 1. The van der Waals surface area contributed by atoms with Crippen molar-refractivity contribution in [3.63, 3.8) is 0 Å². The molecule has 1 unspecified atom stereocenters. The summed E-state index contributed by atoms with van der Waals surface area (Å²) in [5.41, 5.74) is 4.59. The van der Waals surface area contributed by atoms with E-state index in [0.717, 1.165) is 27.9 Å². The minimum absolute atomic E-state index is 0.0644. The first-order valence-corrected chi connectivity index (χ1v) is 11.6. The Balaban J connectivity index is 1.48. The highest BCUT2D eigenvalue weighted by Crippen LogP contribution is 2.27. The number of benzene rings is 1. The summed E-state index contributed by atoms with van der Waals surface area (Å²) in [6.07, 6.45) is 2.38. The number of rotatable bonds is 6. The third kappa shape index (κ3) is 3.86. The van der Waals surface area contributed by atoms with Crippen LogP contribution in [0.2, 0.25) is 0 Å². The molecule has 3 heterocycles. The molecule has 0 aliphatic carbocycles. The zero-order valence-corrected chi connectivity index (χ0v) is 17.8. The molecule has 29 heavy (non-hydrogen) atoms. The van der Waals surface area contributed by atoms with Gasteiger partial charge in [-0.3, -0.25) is 14.4 Å². The summed E-state index contributed by atoms with van der Waals surface area (Å²) < 4.78 is 25.5. The number of aryl methyl sites for hydroxylation is 1. The summed E-state index contributed by atoms with van der Waals surface area (Å²) in [7, 11) is -1.05. The van der Waals surface area contributed by atoms with Crippen molar-refractivity contribution >= 4 is 26.5 Å². The monoisotopic (exact) mass is 414 g/mol. The average Bonchev–Trinajstić information content (AvgIpc) is 3.33. The lowest BCUT2D eigenvalue weighted by atomic mass is 10.1. The zero-order valence-electron chi connectivity index (χ0n) is 17.0. The van der Waals surface area contributed by atoms with Crippen LogP contribution < -0.4 is 0 Å². The molecule has 1 aliphatic rings. The molecular weight excluding hydrogens is 388 g/mol. The number of Topliss-reactive ketones (excluding diaryl/α,β-unsaturated/α-hetero) is 1. The molecule has 1 aromatic carbocycles. The predicted octanol–water partition coefficient (Wildman–Crippen LogP) is 2.66. The molecule has 1 N–H and O–H groups in total. The quantitative estimate of drug-likeness (QED) is 0.627. The highest BCUT2D eigenvalue weighted by Gasteiger charge is 2.31. The number of hydrogen-bond acceptors (Lipinski definition) is 5. The lowest BCUT2D eigenvalue weighted by Crippen LogP contribution is -2.26. The number of para-hydroxylation sites is 1. The van der Waals surface area contributed by atoms with Crippen molar-refractivity contribution in [2.45, 2.75) is 32.9 Å². The van der Waals surface area contributed by atoms with E-state index in [1.807, 2.05) is 54.7 Å². The van der Waals surface area contributed by atoms with Crippen molar-refractivity contribution in [1.82, 2.24) is 19.7 Å². The van der Waals surface area contributed by atoms with Crippen molar-refractivity contribution in [3.05, 3.63) is 53.0 Å². The highest BCUT2D eigenvalue weighted by molar-refractivity contribution is 7.91. The Hall–Kier alpha value is -2.45. The fraction of sp³-hybridized carbons (Fsp3) is 0.429. The molecule has 0 radical (unpaired) electrons. The number of sulfone groups is 1. The number of carbonyl (C=O) groups excluding carboxylic acids is 1. The van der Waals surface area contributed by atoms with Crippen LogP contribution in [0.5, 0.6) is 0 Å². The highest BCUT2D eigenvalue weighted by atomic mass is 32.2. The Labute approximate surface area is 170 Å². The van der Waals surface area contributed by atoms with Gasteiger partial charge in [0, 0.05) is 40.5 Å². The van der Waals surface area contributed by atoms with E-state index in [9.17, 15) is 13.2 Å². The molecule has 4 rings (SSSR count). The predicted molar refractivity (Wildman–Crippen MR) is 113 cm³/mol. The van der Waals surface area contributed by atoms with Gasteiger partial charge in [0.2, 0.25) is 0 Å². The van der Waals surface area contributed by atoms with Gasteiger partial charge in [-0.2, -0.15) is 5.10 Å². The molecule has 1 aliphatic heterocycles. The lowest BCUT2D eigenvalue weighted by molar-refractivity contribution is 0.0944. The first-order chi connectivity index (χ1) is 13.7. The average molecular weight is 415 g/mol. The molecule has 2 aromatic heterocycles. The molecule has 0 saturated carbocycles. The third-order valence-corrected chi connectivity index (χ3v) is 7.51. The van der Waals surface area contributed by atoms with Gasteiger partial charge in [0.15, 0.2) is 15.6 Å². The fourth-order valence-electron chi connectivity index (χ4n) is 4.21. The smallest absolute Gasteiger partial charge is 0.178 e. The standard InChI is InChI=1S/C21H26N4O3S/c1-14-19(15(2)25(23-14)16-8-9-29(27,28)13-16)11-24(3)12-21(26)18-10-22-20-7-5-4-6-17(18)20/h4-7,10,16,22H,8-9,11-13H2,1-3H3. The lowest BCUT2D eigenvalue weighted by Gasteiger charge is -2.17. The minimum atomic E-state index is -2.96. The summed E-state index contributed by atoms with van der Waals surface area (Å²) in [6, 6.07) is 7.69. The molecular formula is C21H26N4O3S. The van der Waals surface area contributed by atoms with Crippen molar-refractivity contribution < 1.29 is 13.2 Å². The number of nitrogens with one attached hydrogen (secondary N) is 1. The van der Waals surface area contributed by atoms with Gasteiger partial charge in [0.1, 0.15) is 0 Å². The zero-order chi connectivity index (χ0) is 20.8. The molecule has 1 saturated heterocycles. The number of H-pyrrole nitrogens is 1. The Morgan fingerprint density at radius 1 is 1.31 bits per heavy atom. The Bertz CT molecular complexity index is 1180. The first-order valence-electron chi connectivity index (χ1n) is 9.78. The maximum atomic E-state index is 12.8. The van der Waals surface area contributed by atoms with Crippen molar-refractivity contribution in [2.75, 3.05) is 25.1 Å². The van der Waals surface area contributed by atoms with Gasteiger partial charge in [-0.25, -0.2) is 8.42 Å². The van der Waals surface area contributed by atoms with Crippen LogP contribution in [0.25, 0.3) is 10.9 Å². The third-order valence-electron chi connectivity index (χ3n) is 5.76. The molecule has 1 atom stereocenters. The van der Waals surface area contributed by atoms with Crippen LogP contribution >= 0.6 is 0 Å². The molecule has 0 amide bonds. The second-order valence-electron chi connectivity index (χ2n) is 7.99. The van der Waals surface area contributed by atoms with E-state index in [4.69, 9.17) is 0 Å². The largest absolute Gasteiger partial charge is 0.360 e. The number of carbonyl (C=O) groups is 1.